The molecule has 40 heavy (non-hydrogen) atoms. The summed E-state index contributed by atoms with van der Waals surface area (Å²) >= 11 is 7.30. The number of allylic oxidation sites excluding steroid dienone is 4. The van der Waals surface area contributed by atoms with Gasteiger partial charge in [-0.25, -0.2) is 0 Å². The van der Waals surface area contributed by atoms with Crippen molar-refractivity contribution in [3.63, 3.8) is 0 Å². The summed E-state index contributed by atoms with van der Waals surface area (Å²) < 4.78 is 7.91. The van der Waals surface area contributed by atoms with Crippen LogP contribution >= 0.6 is 31.9 Å². The van der Waals surface area contributed by atoms with Crippen molar-refractivity contribution < 1.29 is 24.2 Å². The second-order valence-corrected chi connectivity index (χ2v) is 14.4. The number of carboxylic acid groups (broad SMARTS) is 1. The number of carbonyl (C=O) groups is 3. The zero-order chi connectivity index (χ0) is 29.0. The van der Waals surface area contributed by atoms with Crippen LogP contribution in [0.2, 0.25) is 0 Å². The van der Waals surface area contributed by atoms with Crippen LogP contribution in [0.1, 0.15) is 70.4 Å². The molecule has 2 aromatic carbocycles. The van der Waals surface area contributed by atoms with Crippen LogP contribution in [0.3, 0.4) is 0 Å². The molecule has 6 nitrogen and oxygen atoms in total. The SMILES string of the molecule is CC1(C)CC(=O)C2=C(C1)N(CC(=O)O)C1=C(C(=O)CC(C)(C)C1)C2c1cc(Br)cc(Br)c1OCc1ccccc1. The maximum atomic E-state index is 14.0. The summed E-state index contributed by atoms with van der Waals surface area (Å²) in [7, 11) is 0. The van der Waals surface area contributed by atoms with E-state index in [-0.39, 0.29) is 28.9 Å². The first-order chi connectivity index (χ1) is 18.8. The topological polar surface area (TPSA) is 83.9 Å². The molecule has 5 rings (SSSR count). The van der Waals surface area contributed by atoms with Gasteiger partial charge in [-0.05, 0) is 57.3 Å². The van der Waals surface area contributed by atoms with E-state index in [9.17, 15) is 19.5 Å². The van der Waals surface area contributed by atoms with Gasteiger partial charge in [-0.1, -0.05) is 74.0 Å². The number of benzene rings is 2. The third-order valence-corrected chi connectivity index (χ3v) is 8.94. The minimum Gasteiger partial charge on any atom is -0.487 e. The first kappa shape index (κ1) is 28.8. The van der Waals surface area contributed by atoms with E-state index in [1.54, 1.807) is 4.90 Å². The summed E-state index contributed by atoms with van der Waals surface area (Å²) in [5, 5.41) is 9.93. The third-order valence-electron chi connectivity index (χ3n) is 7.89. The summed E-state index contributed by atoms with van der Waals surface area (Å²) in [6, 6.07) is 13.6. The average molecular weight is 671 g/mol. The van der Waals surface area contributed by atoms with Gasteiger partial charge >= 0.3 is 5.97 Å². The molecule has 210 valence electrons. The van der Waals surface area contributed by atoms with Gasteiger partial charge in [0.1, 0.15) is 18.9 Å². The lowest BCUT2D eigenvalue weighted by atomic mass is 9.63. The molecular formula is C32H33Br2NO5. The number of hydrogen-bond donors (Lipinski definition) is 1. The van der Waals surface area contributed by atoms with Gasteiger partial charge in [0.2, 0.25) is 0 Å². The van der Waals surface area contributed by atoms with Gasteiger partial charge in [0.05, 0.1) is 4.47 Å². The number of hydrogen-bond acceptors (Lipinski definition) is 5. The molecule has 0 fully saturated rings. The van der Waals surface area contributed by atoms with Crippen molar-refractivity contribution in [2.24, 2.45) is 10.8 Å². The fraction of sp³-hybridized carbons (Fsp3) is 0.406. The number of ether oxygens (including phenoxy) is 1. The molecule has 0 unspecified atom stereocenters. The first-order valence-corrected chi connectivity index (χ1v) is 15.0. The molecule has 8 heteroatoms. The predicted octanol–water partition coefficient (Wildman–Crippen LogP) is 7.56. The molecule has 0 aromatic heterocycles. The van der Waals surface area contributed by atoms with Crippen LogP contribution in [0.15, 0.2) is 74.0 Å². The maximum absolute atomic E-state index is 14.0. The summed E-state index contributed by atoms with van der Waals surface area (Å²) in [6.45, 7) is 8.15. The summed E-state index contributed by atoms with van der Waals surface area (Å²) in [6.07, 6.45) is 1.72. The Morgan fingerprint density at radius 2 is 1.48 bits per heavy atom. The third kappa shape index (κ3) is 5.57. The minimum atomic E-state index is -0.999. The second-order valence-electron chi connectivity index (χ2n) is 12.6. The number of halogens is 2. The number of nitrogens with zero attached hydrogens (tertiary/aromatic N) is 1. The number of Topliss-reactive ketones (excluding diaryl/α,β-unsaturated/α-hetero) is 2. The Morgan fingerprint density at radius 3 is 2.00 bits per heavy atom. The zero-order valence-corrected chi connectivity index (χ0v) is 26.3. The molecule has 1 heterocycles. The molecule has 2 aromatic rings. The van der Waals surface area contributed by atoms with Gasteiger partial charge in [-0.15, -0.1) is 0 Å². The lowest BCUT2D eigenvalue weighted by Crippen LogP contribution is -2.45. The molecule has 0 saturated carbocycles. The Hall–Kier alpha value is -2.71. The molecule has 0 spiro atoms. The molecule has 0 bridgehead atoms. The normalized spacial score (nSPS) is 20.4. The van der Waals surface area contributed by atoms with Crippen LogP contribution in [-0.4, -0.2) is 34.1 Å². The second kappa shape index (κ2) is 10.6. The molecule has 0 atom stereocenters. The van der Waals surface area contributed by atoms with E-state index in [1.807, 2.05) is 70.2 Å². The lowest BCUT2D eigenvalue weighted by molar-refractivity contribution is -0.138. The highest BCUT2D eigenvalue weighted by Crippen LogP contribution is 2.56. The van der Waals surface area contributed by atoms with Gasteiger partial charge < -0.3 is 14.7 Å². The predicted molar refractivity (Wildman–Crippen MR) is 160 cm³/mol. The van der Waals surface area contributed by atoms with E-state index in [4.69, 9.17) is 4.74 Å². The van der Waals surface area contributed by atoms with Crippen LogP contribution in [0, 0.1) is 10.8 Å². The van der Waals surface area contributed by atoms with Crippen molar-refractivity contribution in [2.75, 3.05) is 6.54 Å². The van der Waals surface area contributed by atoms with Crippen LogP contribution in [-0.2, 0) is 21.0 Å². The van der Waals surface area contributed by atoms with E-state index < -0.39 is 11.9 Å². The fourth-order valence-electron chi connectivity index (χ4n) is 6.36. The van der Waals surface area contributed by atoms with Gasteiger partial charge in [0, 0.05) is 51.3 Å². The van der Waals surface area contributed by atoms with Crippen molar-refractivity contribution >= 4 is 49.4 Å². The van der Waals surface area contributed by atoms with Crippen molar-refractivity contribution in [3.8, 4) is 5.75 Å². The maximum Gasteiger partial charge on any atom is 0.323 e. The van der Waals surface area contributed by atoms with Crippen molar-refractivity contribution in [2.45, 2.75) is 65.9 Å². The highest BCUT2D eigenvalue weighted by Gasteiger charge is 2.50. The number of carbonyl (C=O) groups excluding carboxylic acids is 2. The largest absolute Gasteiger partial charge is 0.487 e. The number of aliphatic carboxylic acids is 1. The molecular weight excluding hydrogens is 638 g/mol. The molecule has 3 aliphatic rings. The van der Waals surface area contributed by atoms with Crippen LogP contribution in [0.5, 0.6) is 5.75 Å². The van der Waals surface area contributed by atoms with E-state index in [2.05, 4.69) is 31.9 Å². The lowest BCUT2D eigenvalue weighted by Gasteiger charge is -2.48. The Morgan fingerprint density at radius 1 is 0.925 bits per heavy atom. The summed E-state index contributed by atoms with van der Waals surface area (Å²) in [4.78, 5) is 41.9. The average Bonchev–Trinajstić information content (AvgIpc) is 2.83. The Kier molecular flexibility index (Phi) is 7.64. The monoisotopic (exact) mass is 669 g/mol. The van der Waals surface area contributed by atoms with Crippen LogP contribution in [0.25, 0.3) is 0 Å². The molecule has 2 aliphatic carbocycles. The van der Waals surface area contributed by atoms with E-state index in [0.717, 1.165) is 10.0 Å². The van der Waals surface area contributed by atoms with E-state index in [1.165, 1.54) is 0 Å². The van der Waals surface area contributed by atoms with E-state index >= 15 is 0 Å². The molecule has 1 N–H and O–H groups in total. The fourth-order valence-corrected chi connectivity index (χ4v) is 7.73. The minimum absolute atomic E-state index is 0.0547. The zero-order valence-electron chi connectivity index (χ0n) is 23.1. The summed E-state index contributed by atoms with van der Waals surface area (Å²) in [5.74, 6) is -1.19. The number of rotatable bonds is 6. The van der Waals surface area contributed by atoms with Crippen molar-refractivity contribution in [1.29, 1.82) is 0 Å². The van der Waals surface area contributed by atoms with Crippen molar-refractivity contribution in [3.05, 3.63) is 85.1 Å². The Labute approximate surface area is 251 Å². The van der Waals surface area contributed by atoms with Gasteiger partial charge in [-0.3, -0.25) is 14.4 Å². The molecule has 1 aliphatic heterocycles. The quantitative estimate of drug-likeness (QED) is 0.342. The van der Waals surface area contributed by atoms with Gasteiger partial charge in [0.25, 0.3) is 0 Å². The first-order valence-electron chi connectivity index (χ1n) is 13.4. The molecule has 0 radical (unpaired) electrons. The summed E-state index contributed by atoms with van der Waals surface area (Å²) in [5.41, 5.74) is 3.48. The van der Waals surface area contributed by atoms with Gasteiger partial charge in [0.15, 0.2) is 11.6 Å². The highest BCUT2D eigenvalue weighted by molar-refractivity contribution is 9.11. The van der Waals surface area contributed by atoms with Crippen LogP contribution < -0.4 is 4.74 Å². The van der Waals surface area contributed by atoms with Gasteiger partial charge in [-0.2, -0.15) is 0 Å². The van der Waals surface area contributed by atoms with Crippen molar-refractivity contribution in [1.82, 2.24) is 4.90 Å². The Balaban J connectivity index is 1.76. The Bertz CT molecular complexity index is 1420. The molecule has 0 saturated heterocycles. The molecule has 0 amide bonds. The number of ketones is 2. The van der Waals surface area contributed by atoms with Crippen LogP contribution in [0.4, 0.5) is 0 Å². The van der Waals surface area contributed by atoms with E-state index in [0.29, 0.717) is 70.6 Å². The highest BCUT2D eigenvalue weighted by atomic mass is 79.9. The number of carboxylic acids is 1. The standard InChI is InChI=1S/C32H33Br2NO5/c1-31(2)12-22-28(24(36)14-31)27(29-23(35(22)16-26(38)39)13-32(3,4)15-25(29)37)20-10-19(33)11-21(34)30(20)40-17-18-8-6-5-7-9-18/h5-11,27H,12-17H2,1-4H3,(H,38,39). The smallest absolute Gasteiger partial charge is 0.323 e.